The summed E-state index contributed by atoms with van der Waals surface area (Å²) in [6.07, 6.45) is 10.2. The van der Waals surface area contributed by atoms with Crippen LogP contribution in [0.1, 0.15) is 45.1 Å². The lowest BCUT2D eigenvalue weighted by molar-refractivity contribution is 0.484. The molecule has 0 radical (unpaired) electrons. The molecule has 1 aromatic rings. The molecule has 0 saturated heterocycles. The van der Waals surface area contributed by atoms with E-state index in [1.54, 1.807) is 0 Å². The van der Waals surface area contributed by atoms with E-state index in [9.17, 15) is 0 Å². The summed E-state index contributed by atoms with van der Waals surface area (Å²) in [5.74, 6) is 0. The van der Waals surface area contributed by atoms with E-state index in [0.29, 0.717) is 6.04 Å². The van der Waals surface area contributed by atoms with Gasteiger partial charge in [-0.05, 0) is 38.3 Å². The smallest absolute Gasteiger partial charge is 0.0521 e. The average Bonchev–Trinajstić information content (AvgIpc) is 2.72. The van der Waals surface area contributed by atoms with E-state index < -0.39 is 0 Å². The van der Waals surface area contributed by atoms with Gasteiger partial charge < -0.3 is 5.32 Å². The SMILES string of the molecule is CCCC(CCc1cnn(CCC)c1)NC. The molecule has 92 valence electrons. The molecule has 0 aliphatic carbocycles. The molecule has 16 heavy (non-hydrogen) atoms. The number of hydrogen-bond acceptors (Lipinski definition) is 2. The van der Waals surface area contributed by atoms with Gasteiger partial charge in [0.2, 0.25) is 0 Å². The van der Waals surface area contributed by atoms with Crippen LogP contribution in [0.25, 0.3) is 0 Å². The molecule has 0 aliphatic rings. The highest BCUT2D eigenvalue weighted by molar-refractivity contribution is 5.04. The van der Waals surface area contributed by atoms with Crippen molar-refractivity contribution < 1.29 is 0 Å². The largest absolute Gasteiger partial charge is 0.317 e. The highest BCUT2D eigenvalue weighted by atomic mass is 15.3. The van der Waals surface area contributed by atoms with Crippen LogP contribution in [-0.2, 0) is 13.0 Å². The van der Waals surface area contributed by atoms with Gasteiger partial charge in [0.1, 0.15) is 0 Å². The minimum Gasteiger partial charge on any atom is -0.317 e. The first-order valence-electron chi connectivity index (χ1n) is 6.48. The topological polar surface area (TPSA) is 29.9 Å². The van der Waals surface area contributed by atoms with Crippen molar-refractivity contribution in [3.63, 3.8) is 0 Å². The van der Waals surface area contributed by atoms with Gasteiger partial charge in [0, 0.05) is 18.8 Å². The normalized spacial score (nSPS) is 12.9. The van der Waals surface area contributed by atoms with Gasteiger partial charge in [0.25, 0.3) is 0 Å². The van der Waals surface area contributed by atoms with E-state index in [4.69, 9.17) is 0 Å². The number of hydrogen-bond donors (Lipinski definition) is 1. The zero-order valence-electron chi connectivity index (χ0n) is 10.9. The number of aryl methyl sites for hydroxylation is 2. The zero-order chi connectivity index (χ0) is 11.8. The average molecular weight is 223 g/mol. The third kappa shape index (κ3) is 4.35. The van der Waals surface area contributed by atoms with Crippen LogP contribution in [0.3, 0.4) is 0 Å². The number of aromatic nitrogens is 2. The van der Waals surface area contributed by atoms with Crippen molar-refractivity contribution in [2.45, 2.75) is 58.5 Å². The Bertz CT molecular complexity index is 280. The van der Waals surface area contributed by atoms with Crippen molar-refractivity contribution in [2.24, 2.45) is 0 Å². The van der Waals surface area contributed by atoms with Crippen LogP contribution < -0.4 is 5.32 Å². The maximum Gasteiger partial charge on any atom is 0.0521 e. The second kappa shape index (κ2) is 7.44. The van der Waals surface area contributed by atoms with Gasteiger partial charge in [0.05, 0.1) is 6.20 Å². The van der Waals surface area contributed by atoms with E-state index in [-0.39, 0.29) is 0 Å². The fourth-order valence-corrected chi connectivity index (χ4v) is 2.01. The Morgan fingerprint density at radius 3 is 2.75 bits per heavy atom. The third-order valence-electron chi connectivity index (χ3n) is 2.97. The molecule has 1 heterocycles. The predicted molar refractivity (Wildman–Crippen MR) is 68.6 cm³/mol. The molecule has 1 rings (SSSR count). The van der Waals surface area contributed by atoms with Gasteiger partial charge in [-0.25, -0.2) is 0 Å². The molecule has 0 spiro atoms. The molecule has 1 unspecified atom stereocenters. The molecule has 1 aromatic heterocycles. The number of nitrogens with one attached hydrogen (secondary N) is 1. The van der Waals surface area contributed by atoms with E-state index in [2.05, 4.69) is 37.5 Å². The summed E-state index contributed by atoms with van der Waals surface area (Å²) in [7, 11) is 2.06. The van der Waals surface area contributed by atoms with Crippen molar-refractivity contribution in [1.82, 2.24) is 15.1 Å². The van der Waals surface area contributed by atoms with E-state index >= 15 is 0 Å². The van der Waals surface area contributed by atoms with Gasteiger partial charge in [-0.15, -0.1) is 0 Å². The summed E-state index contributed by atoms with van der Waals surface area (Å²) >= 11 is 0. The Hall–Kier alpha value is -0.830. The summed E-state index contributed by atoms with van der Waals surface area (Å²) in [5, 5.41) is 7.73. The first kappa shape index (κ1) is 13.2. The van der Waals surface area contributed by atoms with E-state index in [1.165, 1.54) is 24.8 Å². The number of rotatable bonds is 8. The Morgan fingerprint density at radius 1 is 1.31 bits per heavy atom. The standard InChI is InChI=1S/C13H25N3/c1-4-6-13(14-3)8-7-12-10-15-16(11-12)9-5-2/h10-11,13-14H,4-9H2,1-3H3. The summed E-state index contributed by atoms with van der Waals surface area (Å²) in [6.45, 7) is 5.45. The summed E-state index contributed by atoms with van der Waals surface area (Å²) < 4.78 is 2.05. The summed E-state index contributed by atoms with van der Waals surface area (Å²) in [6, 6.07) is 0.652. The summed E-state index contributed by atoms with van der Waals surface area (Å²) in [5.41, 5.74) is 1.37. The van der Waals surface area contributed by atoms with Gasteiger partial charge in [-0.2, -0.15) is 5.10 Å². The van der Waals surface area contributed by atoms with Gasteiger partial charge in [-0.1, -0.05) is 20.3 Å². The minimum absolute atomic E-state index is 0.652. The van der Waals surface area contributed by atoms with Gasteiger partial charge in [-0.3, -0.25) is 4.68 Å². The first-order valence-corrected chi connectivity index (χ1v) is 6.48. The third-order valence-corrected chi connectivity index (χ3v) is 2.97. The van der Waals surface area contributed by atoms with Crippen molar-refractivity contribution in [3.8, 4) is 0 Å². The Kier molecular flexibility index (Phi) is 6.16. The van der Waals surface area contributed by atoms with Crippen LogP contribution in [-0.4, -0.2) is 22.9 Å². The Labute approximate surface area is 99.2 Å². The minimum atomic E-state index is 0.652. The maximum atomic E-state index is 4.35. The molecule has 1 atom stereocenters. The molecular formula is C13H25N3. The zero-order valence-corrected chi connectivity index (χ0v) is 10.9. The fourth-order valence-electron chi connectivity index (χ4n) is 2.01. The summed E-state index contributed by atoms with van der Waals surface area (Å²) in [4.78, 5) is 0. The van der Waals surface area contributed by atoms with Crippen LogP contribution >= 0.6 is 0 Å². The van der Waals surface area contributed by atoms with Crippen molar-refractivity contribution in [3.05, 3.63) is 18.0 Å². The second-order valence-electron chi connectivity index (χ2n) is 4.42. The monoisotopic (exact) mass is 223 g/mol. The highest BCUT2D eigenvalue weighted by Gasteiger charge is 2.06. The molecule has 0 saturated carbocycles. The second-order valence-corrected chi connectivity index (χ2v) is 4.42. The molecule has 0 aliphatic heterocycles. The van der Waals surface area contributed by atoms with Gasteiger partial charge >= 0.3 is 0 Å². The van der Waals surface area contributed by atoms with Gasteiger partial charge in [0.15, 0.2) is 0 Å². The van der Waals surface area contributed by atoms with Crippen molar-refractivity contribution in [1.29, 1.82) is 0 Å². The Morgan fingerprint density at radius 2 is 2.12 bits per heavy atom. The van der Waals surface area contributed by atoms with Crippen molar-refractivity contribution in [2.75, 3.05) is 7.05 Å². The molecule has 0 amide bonds. The number of nitrogens with zero attached hydrogens (tertiary/aromatic N) is 2. The highest BCUT2D eigenvalue weighted by Crippen LogP contribution is 2.08. The molecule has 3 heteroatoms. The first-order chi connectivity index (χ1) is 7.80. The Balaban J connectivity index is 2.34. The lowest BCUT2D eigenvalue weighted by Gasteiger charge is -2.13. The lowest BCUT2D eigenvalue weighted by Crippen LogP contribution is -2.25. The van der Waals surface area contributed by atoms with Crippen LogP contribution in [0.4, 0.5) is 0 Å². The molecular weight excluding hydrogens is 198 g/mol. The fraction of sp³-hybridized carbons (Fsp3) is 0.769. The molecule has 0 fully saturated rings. The molecule has 1 N–H and O–H groups in total. The maximum absolute atomic E-state index is 4.35. The van der Waals surface area contributed by atoms with E-state index in [0.717, 1.165) is 19.4 Å². The van der Waals surface area contributed by atoms with Crippen LogP contribution in [0.2, 0.25) is 0 Å². The van der Waals surface area contributed by atoms with Crippen LogP contribution in [0.5, 0.6) is 0 Å². The molecule has 3 nitrogen and oxygen atoms in total. The van der Waals surface area contributed by atoms with Crippen molar-refractivity contribution >= 4 is 0 Å². The van der Waals surface area contributed by atoms with Crippen LogP contribution in [0.15, 0.2) is 12.4 Å². The lowest BCUT2D eigenvalue weighted by atomic mass is 10.0. The quantitative estimate of drug-likeness (QED) is 0.734. The van der Waals surface area contributed by atoms with E-state index in [1.807, 2.05) is 10.9 Å². The van der Waals surface area contributed by atoms with Crippen LogP contribution in [0, 0.1) is 0 Å². The molecule has 0 aromatic carbocycles. The molecule has 0 bridgehead atoms. The predicted octanol–water partition coefficient (Wildman–Crippen LogP) is 2.61.